The zero-order valence-corrected chi connectivity index (χ0v) is 13.5. The van der Waals surface area contributed by atoms with Crippen molar-refractivity contribution in [3.8, 4) is 0 Å². The van der Waals surface area contributed by atoms with E-state index in [1.165, 1.54) is 44.5 Å². The highest BCUT2D eigenvalue weighted by atomic mass is 15.1. The van der Waals surface area contributed by atoms with Gasteiger partial charge in [-0.2, -0.15) is 0 Å². The lowest BCUT2D eigenvalue weighted by Gasteiger charge is -2.18. The van der Waals surface area contributed by atoms with Crippen molar-refractivity contribution in [2.24, 2.45) is 0 Å². The molecule has 0 unspecified atom stereocenters. The van der Waals surface area contributed by atoms with Crippen LogP contribution in [0.4, 0.5) is 23.0 Å². The third kappa shape index (κ3) is 3.55. The van der Waals surface area contributed by atoms with E-state index in [1.807, 2.05) is 13.0 Å². The van der Waals surface area contributed by atoms with Crippen molar-refractivity contribution < 1.29 is 0 Å². The molecule has 1 aromatic heterocycles. The molecule has 5 heteroatoms. The maximum atomic E-state index is 4.48. The fraction of sp³-hybridized carbons (Fsp3) is 0.444. The quantitative estimate of drug-likeness (QED) is 0.882. The molecule has 1 saturated carbocycles. The minimum atomic E-state index is 0.594. The molecule has 1 aromatic carbocycles. The van der Waals surface area contributed by atoms with Gasteiger partial charge in [0, 0.05) is 36.6 Å². The molecule has 1 aliphatic carbocycles. The summed E-state index contributed by atoms with van der Waals surface area (Å²) in [6.45, 7) is 4.28. The van der Waals surface area contributed by atoms with Crippen LogP contribution >= 0.6 is 0 Å². The van der Waals surface area contributed by atoms with Crippen LogP contribution < -0.4 is 15.5 Å². The average molecular weight is 309 g/mol. The molecule has 4 rings (SSSR count). The summed E-state index contributed by atoms with van der Waals surface area (Å²) < 4.78 is 0. The Kier molecular flexibility index (Phi) is 3.77. The molecule has 2 N–H and O–H groups in total. The summed E-state index contributed by atoms with van der Waals surface area (Å²) in [6.07, 6.45) is 5.08. The first-order valence-corrected chi connectivity index (χ1v) is 8.50. The van der Waals surface area contributed by atoms with E-state index in [4.69, 9.17) is 0 Å². The Balaban J connectivity index is 1.47. The van der Waals surface area contributed by atoms with Gasteiger partial charge in [0.1, 0.15) is 17.5 Å². The number of aromatic nitrogens is 2. The molecule has 120 valence electrons. The van der Waals surface area contributed by atoms with Gasteiger partial charge >= 0.3 is 0 Å². The monoisotopic (exact) mass is 309 g/mol. The molecular weight excluding hydrogens is 286 g/mol. The maximum Gasteiger partial charge on any atom is 0.136 e. The molecular formula is C18H23N5. The second-order valence-electron chi connectivity index (χ2n) is 6.47. The van der Waals surface area contributed by atoms with Crippen molar-refractivity contribution in [1.82, 2.24) is 9.97 Å². The van der Waals surface area contributed by atoms with Gasteiger partial charge in [0.05, 0.1) is 0 Å². The van der Waals surface area contributed by atoms with Crippen molar-refractivity contribution in [3.63, 3.8) is 0 Å². The molecule has 2 fully saturated rings. The second kappa shape index (κ2) is 6.07. The fourth-order valence-corrected chi connectivity index (χ4v) is 3.02. The highest BCUT2D eigenvalue weighted by molar-refractivity contribution is 5.62. The summed E-state index contributed by atoms with van der Waals surface area (Å²) in [4.78, 5) is 11.4. The lowest BCUT2D eigenvalue weighted by molar-refractivity contribution is 0.949. The highest BCUT2D eigenvalue weighted by Crippen LogP contribution is 2.26. The smallest absolute Gasteiger partial charge is 0.136 e. The largest absolute Gasteiger partial charge is 0.372 e. The third-order valence-corrected chi connectivity index (χ3v) is 4.38. The molecule has 2 aliphatic rings. The molecule has 0 bridgehead atoms. The van der Waals surface area contributed by atoms with Crippen LogP contribution in [0.2, 0.25) is 0 Å². The maximum absolute atomic E-state index is 4.48. The van der Waals surface area contributed by atoms with Gasteiger partial charge in [-0.1, -0.05) is 0 Å². The number of aryl methyl sites for hydroxylation is 1. The van der Waals surface area contributed by atoms with E-state index in [2.05, 4.69) is 49.8 Å². The van der Waals surface area contributed by atoms with E-state index in [0.29, 0.717) is 6.04 Å². The molecule has 0 amide bonds. The average Bonchev–Trinajstić information content (AvgIpc) is 3.17. The lowest BCUT2D eigenvalue weighted by atomic mass is 10.2. The zero-order chi connectivity index (χ0) is 15.6. The highest BCUT2D eigenvalue weighted by Gasteiger charge is 2.21. The Morgan fingerprint density at radius 1 is 1.00 bits per heavy atom. The van der Waals surface area contributed by atoms with Crippen LogP contribution in [-0.4, -0.2) is 29.1 Å². The molecule has 2 heterocycles. The molecule has 1 aliphatic heterocycles. The normalized spacial score (nSPS) is 17.3. The first kappa shape index (κ1) is 14.3. The van der Waals surface area contributed by atoms with E-state index >= 15 is 0 Å². The number of anilines is 4. The first-order valence-electron chi connectivity index (χ1n) is 8.50. The van der Waals surface area contributed by atoms with Crippen LogP contribution in [0.5, 0.6) is 0 Å². The van der Waals surface area contributed by atoms with Gasteiger partial charge in [-0.15, -0.1) is 0 Å². The van der Waals surface area contributed by atoms with Gasteiger partial charge in [0.25, 0.3) is 0 Å². The molecule has 1 saturated heterocycles. The van der Waals surface area contributed by atoms with E-state index in [1.54, 1.807) is 0 Å². The van der Waals surface area contributed by atoms with Crippen LogP contribution in [-0.2, 0) is 0 Å². The minimum absolute atomic E-state index is 0.594. The van der Waals surface area contributed by atoms with E-state index in [0.717, 1.165) is 23.1 Å². The molecule has 5 nitrogen and oxygen atoms in total. The molecule has 23 heavy (non-hydrogen) atoms. The van der Waals surface area contributed by atoms with Crippen molar-refractivity contribution in [2.45, 2.75) is 38.6 Å². The Hall–Kier alpha value is -2.30. The van der Waals surface area contributed by atoms with E-state index in [9.17, 15) is 0 Å². The summed E-state index contributed by atoms with van der Waals surface area (Å²) in [5.74, 6) is 2.54. The summed E-state index contributed by atoms with van der Waals surface area (Å²) in [7, 11) is 0. The van der Waals surface area contributed by atoms with Crippen molar-refractivity contribution in [1.29, 1.82) is 0 Å². The summed E-state index contributed by atoms with van der Waals surface area (Å²) in [5.41, 5.74) is 2.37. The number of nitrogens with zero attached hydrogens (tertiary/aromatic N) is 3. The zero-order valence-electron chi connectivity index (χ0n) is 13.5. The fourth-order valence-electron chi connectivity index (χ4n) is 3.02. The predicted octanol–water partition coefficient (Wildman–Crippen LogP) is 3.70. The minimum Gasteiger partial charge on any atom is -0.372 e. The first-order chi connectivity index (χ1) is 11.3. The molecule has 0 radical (unpaired) electrons. The molecule has 0 spiro atoms. The Bertz CT molecular complexity index is 672. The van der Waals surface area contributed by atoms with Crippen LogP contribution in [0.3, 0.4) is 0 Å². The number of benzene rings is 1. The standard InChI is InChI=1S/C18H23N5/c1-13-19-17(21-14-4-5-14)12-18(20-13)22-15-6-8-16(9-7-15)23-10-2-3-11-23/h6-9,12,14H,2-5,10-11H2,1H3,(H2,19,20,21,22). The molecule has 2 aromatic rings. The van der Waals surface area contributed by atoms with E-state index < -0.39 is 0 Å². The van der Waals surface area contributed by atoms with Crippen LogP contribution in [0.15, 0.2) is 30.3 Å². The summed E-state index contributed by atoms with van der Waals surface area (Å²) >= 11 is 0. The van der Waals surface area contributed by atoms with Gasteiger partial charge in [0.15, 0.2) is 0 Å². The summed E-state index contributed by atoms with van der Waals surface area (Å²) in [6, 6.07) is 11.2. The van der Waals surface area contributed by atoms with E-state index in [-0.39, 0.29) is 0 Å². The third-order valence-electron chi connectivity index (χ3n) is 4.38. The molecule has 0 atom stereocenters. The van der Waals surface area contributed by atoms with Crippen LogP contribution in [0.1, 0.15) is 31.5 Å². The lowest BCUT2D eigenvalue weighted by Crippen LogP contribution is -2.17. The SMILES string of the molecule is Cc1nc(Nc2ccc(N3CCCC3)cc2)cc(NC2CC2)n1. The number of nitrogens with one attached hydrogen (secondary N) is 2. The number of rotatable bonds is 5. The van der Waals surface area contributed by atoms with Gasteiger partial charge in [-0.25, -0.2) is 9.97 Å². The van der Waals surface area contributed by atoms with Crippen molar-refractivity contribution >= 4 is 23.0 Å². The van der Waals surface area contributed by atoms with Crippen molar-refractivity contribution in [3.05, 3.63) is 36.2 Å². The van der Waals surface area contributed by atoms with Crippen LogP contribution in [0.25, 0.3) is 0 Å². The second-order valence-corrected chi connectivity index (χ2v) is 6.47. The van der Waals surface area contributed by atoms with Gasteiger partial charge in [-0.3, -0.25) is 0 Å². The van der Waals surface area contributed by atoms with Crippen LogP contribution in [0, 0.1) is 6.92 Å². The summed E-state index contributed by atoms with van der Waals surface area (Å²) in [5, 5.41) is 6.82. The topological polar surface area (TPSA) is 53.1 Å². The Morgan fingerprint density at radius 3 is 2.39 bits per heavy atom. The predicted molar refractivity (Wildman–Crippen MR) is 94.6 cm³/mol. The number of hydrogen-bond donors (Lipinski definition) is 2. The van der Waals surface area contributed by atoms with Crippen molar-refractivity contribution in [2.75, 3.05) is 28.6 Å². The Morgan fingerprint density at radius 2 is 1.70 bits per heavy atom. The Labute approximate surface area is 137 Å². The number of hydrogen-bond acceptors (Lipinski definition) is 5. The van der Waals surface area contributed by atoms with Gasteiger partial charge in [0.2, 0.25) is 0 Å². The van der Waals surface area contributed by atoms with Gasteiger partial charge in [-0.05, 0) is 56.9 Å². The van der Waals surface area contributed by atoms with Gasteiger partial charge < -0.3 is 15.5 Å².